The van der Waals surface area contributed by atoms with Gasteiger partial charge in [-0.25, -0.2) is 4.79 Å². The van der Waals surface area contributed by atoms with E-state index in [0.717, 1.165) is 10.9 Å². The molecule has 1 aromatic heterocycles. The zero-order valence-electron chi connectivity index (χ0n) is 24.8. The average Bonchev–Trinajstić information content (AvgIpc) is 3.40. The van der Waals surface area contributed by atoms with Crippen LogP contribution in [-0.4, -0.2) is 86.8 Å². The Labute approximate surface area is 259 Å². The number of aliphatic hydroxyl groups excluding tert-OH is 1. The Morgan fingerprint density at radius 2 is 1.58 bits per heavy atom. The van der Waals surface area contributed by atoms with Crippen molar-refractivity contribution in [3.63, 3.8) is 0 Å². The molecule has 15 heteroatoms. The topological polar surface area (TPSA) is 271 Å². The molecule has 0 fully saturated rings. The van der Waals surface area contributed by atoms with Gasteiger partial charge in [0.1, 0.15) is 23.9 Å². The van der Waals surface area contributed by atoms with Crippen LogP contribution >= 0.6 is 0 Å². The average molecular weight is 625 g/mol. The summed E-state index contributed by atoms with van der Waals surface area (Å²) in [6.45, 7) is 1.52. The number of benzene rings is 2. The number of hydrogen-bond acceptors (Lipinski definition) is 8. The molecule has 3 amide bonds. The van der Waals surface area contributed by atoms with Crippen LogP contribution in [0.2, 0.25) is 0 Å². The number of aliphatic hydroxyl groups is 1. The minimum Gasteiger partial charge on any atom is -0.508 e. The molecule has 0 radical (unpaired) electrons. The summed E-state index contributed by atoms with van der Waals surface area (Å²) in [4.78, 5) is 58.6. The number of guanidine groups is 1. The number of para-hydroxylation sites is 1. The van der Waals surface area contributed by atoms with Crippen LogP contribution in [0, 0.1) is 0 Å². The number of nitrogens with one attached hydrogen (secondary N) is 4. The van der Waals surface area contributed by atoms with Gasteiger partial charge in [-0.2, -0.15) is 0 Å². The van der Waals surface area contributed by atoms with E-state index >= 15 is 0 Å². The van der Waals surface area contributed by atoms with E-state index in [1.165, 1.54) is 19.1 Å². The second kappa shape index (κ2) is 16.1. The number of H-pyrrole nitrogens is 1. The molecule has 13 N–H and O–H groups in total. The third-order valence-corrected chi connectivity index (χ3v) is 7.09. The molecule has 0 saturated carbocycles. The Bertz CT molecular complexity index is 1500. The fraction of sp³-hybridized carbons (Fsp3) is 0.367. The number of amides is 3. The molecule has 1 heterocycles. The number of carboxylic acids is 1. The van der Waals surface area contributed by atoms with Crippen LogP contribution in [0.4, 0.5) is 0 Å². The molecule has 0 aliphatic carbocycles. The predicted octanol–water partition coefficient (Wildman–Crippen LogP) is -1.04. The Morgan fingerprint density at radius 1 is 0.911 bits per heavy atom. The van der Waals surface area contributed by atoms with Crippen molar-refractivity contribution in [3.05, 3.63) is 65.9 Å². The lowest BCUT2D eigenvalue weighted by Gasteiger charge is -2.26. The summed E-state index contributed by atoms with van der Waals surface area (Å²) in [5, 5.41) is 38.1. The van der Waals surface area contributed by atoms with E-state index in [0.29, 0.717) is 17.5 Å². The lowest BCUT2D eigenvalue weighted by molar-refractivity contribution is -0.143. The van der Waals surface area contributed by atoms with Gasteiger partial charge in [-0.3, -0.25) is 19.4 Å². The maximum Gasteiger partial charge on any atom is 0.326 e. The maximum atomic E-state index is 13.5. The van der Waals surface area contributed by atoms with Gasteiger partial charge in [0.25, 0.3) is 0 Å². The number of hydrogen-bond donors (Lipinski definition) is 10. The fourth-order valence-corrected chi connectivity index (χ4v) is 4.65. The highest BCUT2D eigenvalue weighted by atomic mass is 16.4. The Morgan fingerprint density at radius 3 is 2.22 bits per heavy atom. The molecule has 3 aromatic rings. The number of aromatic nitrogens is 1. The standard InChI is InChI=1S/C30H40N8O7/c1-16(39)25(28(43)37-24(29(44)45)14-18-15-35-22-7-3-2-5-20(18)22)38-27(42)23(13-17-8-10-19(40)11-9-17)36-26(41)21(31)6-4-12-34-30(32)33/h2-3,5,7-11,15-16,21,23-25,35,39-40H,4,6,12-14,31H2,1H3,(H,36,41)(H,37,43)(H,38,42)(H,44,45)(H4,32,33,34). The second-order valence-corrected chi connectivity index (χ2v) is 10.7. The second-order valence-electron chi connectivity index (χ2n) is 10.7. The number of nitrogens with zero attached hydrogens (tertiary/aromatic N) is 1. The molecule has 45 heavy (non-hydrogen) atoms. The minimum atomic E-state index is -1.56. The van der Waals surface area contributed by atoms with E-state index in [4.69, 9.17) is 17.2 Å². The smallest absolute Gasteiger partial charge is 0.326 e. The van der Waals surface area contributed by atoms with E-state index in [-0.39, 0.29) is 37.5 Å². The van der Waals surface area contributed by atoms with Crippen molar-refractivity contribution >= 4 is 40.6 Å². The van der Waals surface area contributed by atoms with Crippen LogP contribution in [0.5, 0.6) is 5.75 Å². The Kier molecular flexibility index (Phi) is 12.3. The normalized spacial score (nSPS) is 14.4. The molecule has 0 spiro atoms. The van der Waals surface area contributed by atoms with Gasteiger partial charge in [0.2, 0.25) is 17.7 Å². The van der Waals surface area contributed by atoms with Crippen molar-refractivity contribution in [2.45, 2.75) is 62.9 Å². The SMILES string of the molecule is CC(O)C(NC(=O)C(Cc1ccc(O)cc1)NC(=O)C(N)CCCN=C(N)N)C(=O)NC(Cc1c[nH]c2ccccc12)C(=O)O. The Hall–Kier alpha value is -5.15. The summed E-state index contributed by atoms with van der Waals surface area (Å²) in [6, 6.07) is 8.02. The van der Waals surface area contributed by atoms with Crippen molar-refractivity contribution in [2.75, 3.05) is 6.54 Å². The summed E-state index contributed by atoms with van der Waals surface area (Å²) in [5.74, 6) is -3.82. The number of rotatable bonds is 16. The molecule has 3 rings (SSSR count). The maximum absolute atomic E-state index is 13.5. The number of aliphatic carboxylic acids is 1. The molecule has 0 saturated heterocycles. The summed E-state index contributed by atoms with van der Waals surface area (Å²) in [7, 11) is 0. The number of phenols is 1. The number of aliphatic imine (C=N–C) groups is 1. The first-order valence-electron chi connectivity index (χ1n) is 14.3. The summed E-state index contributed by atoms with van der Waals surface area (Å²) in [6.07, 6.45) is 0.718. The van der Waals surface area contributed by atoms with Crippen LogP contribution in [0.25, 0.3) is 10.9 Å². The van der Waals surface area contributed by atoms with Crippen LogP contribution < -0.4 is 33.2 Å². The first kappa shape index (κ1) is 34.3. The van der Waals surface area contributed by atoms with Gasteiger partial charge >= 0.3 is 5.97 Å². The number of carbonyl (C=O) groups excluding carboxylic acids is 3. The van der Waals surface area contributed by atoms with Crippen LogP contribution in [-0.2, 0) is 32.0 Å². The van der Waals surface area contributed by atoms with E-state index in [9.17, 15) is 34.5 Å². The summed E-state index contributed by atoms with van der Waals surface area (Å²) in [5.41, 5.74) is 18.6. The quantitative estimate of drug-likeness (QED) is 0.0525. The molecule has 0 aliphatic heterocycles. The highest BCUT2D eigenvalue weighted by Gasteiger charge is 2.33. The predicted molar refractivity (Wildman–Crippen MR) is 167 cm³/mol. The van der Waals surface area contributed by atoms with Gasteiger partial charge < -0.3 is 53.5 Å². The van der Waals surface area contributed by atoms with E-state index in [1.54, 1.807) is 24.4 Å². The zero-order valence-corrected chi connectivity index (χ0v) is 24.8. The van der Waals surface area contributed by atoms with Crippen LogP contribution in [0.3, 0.4) is 0 Å². The van der Waals surface area contributed by atoms with Gasteiger partial charge in [-0.05, 0) is 49.1 Å². The largest absolute Gasteiger partial charge is 0.508 e. The van der Waals surface area contributed by atoms with Crippen molar-refractivity contribution in [2.24, 2.45) is 22.2 Å². The van der Waals surface area contributed by atoms with Crippen molar-refractivity contribution < 1.29 is 34.5 Å². The zero-order chi connectivity index (χ0) is 33.1. The molecule has 5 atom stereocenters. The van der Waals surface area contributed by atoms with E-state index in [2.05, 4.69) is 25.9 Å². The molecule has 242 valence electrons. The van der Waals surface area contributed by atoms with Gasteiger partial charge in [0.05, 0.1) is 12.1 Å². The van der Waals surface area contributed by atoms with Crippen LogP contribution in [0.15, 0.2) is 59.7 Å². The van der Waals surface area contributed by atoms with E-state index < -0.39 is 54.0 Å². The van der Waals surface area contributed by atoms with Gasteiger partial charge in [0, 0.05) is 36.5 Å². The first-order valence-corrected chi connectivity index (χ1v) is 14.3. The van der Waals surface area contributed by atoms with E-state index in [1.807, 2.05) is 18.2 Å². The van der Waals surface area contributed by atoms with Crippen LogP contribution in [0.1, 0.15) is 30.9 Å². The molecule has 15 nitrogen and oxygen atoms in total. The van der Waals surface area contributed by atoms with Gasteiger partial charge in [0.15, 0.2) is 5.96 Å². The summed E-state index contributed by atoms with van der Waals surface area (Å²) >= 11 is 0. The van der Waals surface area contributed by atoms with Crippen molar-refractivity contribution in [3.8, 4) is 5.75 Å². The summed E-state index contributed by atoms with van der Waals surface area (Å²) < 4.78 is 0. The molecule has 0 aliphatic rings. The molecular weight excluding hydrogens is 584 g/mol. The molecular formula is C30H40N8O7. The Balaban J connectivity index is 1.74. The molecule has 5 unspecified atom stereocenters. The number of aromatic hydroxyl groups is 1. The minimum absolute atomic E-state index is 0.00181. The van der Waals surface area contributed by atoms with Crippen molar-refractivity contribution in [1.29, 1.82) is 0 Å². The third-order valence-electron chi connectivity index (χ3n) is 7.09. The highest BCUT2D eigenvalue weighted by Crippen LogP contribution is 2.19. The fourth-order valence-electron chi connectivity index (χ4n) is 4.65. The molecule has 0 bridgehead atoms. The van der Waals surface area contributed by atoms with Crippen molar-refractivity contribution in [1.82, 2.24) is 20.9 Å². The number of nitrogens with two attached hydrogens (primary N) is 3. The van der Waals surface area contributed by atoms with Gasteiger partial charge in [-0.1, -0.05) is 30.3 Å². The number of phenolic OH excluding ortho intramolecular Hbond substituents is 1. The lowest BCUT2D eigenvalue weighted by Crippen LogP contribution is -2.60. The molecule has 2 aromatic carbocycles. The lowest BCUT2D eigenvalue weighted by atomic mass is 10.0. The monoisotopic (exact) mass is 624 g/mol. The first-order chi connectivity index (χ1) is 21.3. The highest BCUT2D eigenvalue weighted by molar-refractivity contribution is 5.95. The third kappa shape index (κ3) is 10.2. The number of carboxylic acid groups (broad SMARTS) is 1. The number of aromatic amines is 1. The number of carbonyl (C=O) groups is 4. The number of fused-ring (bicyclic) bond motifs is 1. The van der Waals surface area contributed by atoms with Gasteiger partial charge in [-0.15, -0.1) is 0 Å².